The van der Waals surface area contributed by atoms with Gasteiger partial charge in [-0.25, -0.2) is 9.37 Å². The van der Waals surface area contributed by atoms with E-state index in [-0.39, 0.29) is 23.6 Å². The summed E-state index contributed by atoms with van der Waals surface area (Å²) in [5.41, 5.74) is 2.14. The third-order valence-corrected chi connectivity index (χ3v) is 4.64. The number of fused-ring (bicyclic) bond motifs is 1. The summed E-state index contributed by atoms with van der Waals surface area (Å²) >= 11 is 1.28. The minimum absolute atomic E-state index is 0.0234. The van der Waals surface area contributed by atoms with Crippen molar-refractivity contribution in [2.45, 2.75) is 30.8 Å². The van der Waals surface area contributed by atoms with Crippen molar-refractivity contribution >= 4 is 23.5 Å². The summed E-state index contributed by atoms with van der Waals surface area (Å²) < 4.78 is 18.4. The predicted octanol–water partition coefficient (Wildman–Crippen LogP) is 3.37. The number of ether oxygens (including phenoxy) is 1. The van der Waals surface area contributed by atoms with Crippen LogP contribution in [0.1, 0.15) is 30.5 Å². The highest BCUT2D eigenvalue weighted by atomic mass is 32.2. The van der Waals surface area contributed by atoms with E-state index in [9.17, 15) is 9.18 Å². The van der Waals surface area contributed by atoms with Gasteiger partial charge in [0, 0.05) is 0 Å². The number of aryl methyl sites for hydroxylation is 1. The molecule has 1 atom stereocenters. The fraction of sp³-hybridized carbons (Fsp3) is 0.353. The van der Waals surface area contributed by atoms with Crippen molar-refractivity contribution in [1.29, 1.82) is 0 Å². The van der Waals surface area contributed by atoms with Gasteiger partial charge in [0.1, 0.15) is 16.7 Å². The molecule has 0 spiro atoms. The molecule has 0 bridgehead atoms. The second-order valence-corrected chi connectivity index (χ2v) is 6.41. The van der Waals surface area contributed by atoms with Crippen LogP contribution in [-0.2, 0) is 16.0 Å². The highest BCUT2D eigenvalue weighted by molar-refractivity contribution is 7.99. The zero-order chi connectivity index (χ0) is 16.9. The van der Waals surface area contributed by atoms with Crippen molar-refractivity contribution in [2.75, 3.05) is 17.7 Å². The lowest BCUT2D eigenvalue weighted by atomic mass is 10.1. The summed E-state index contributed by atoms with van der Waals surface area (Å²) in [4.78, 5) is 20.0. The first-order chi connectivity index (χ1) is 11.7. The summed E-state index contributed by atoms with van der Waals surface area (Å²) in [7, 11) is 0. The van der Waals surface area contributed by atoms with Crippen molar-refractivity contribution in [1.82, 2.24) is 9.97 Å². The topological polar surface area (TPSA) is 64.1 Å². The number of hydrogen-bond acceptors (Lipinski definition) is 6. The molecule has 7 heteroatoms. The van der Waals surface area contributed by atoms with Crippen LogP contribution in [0.25, 0.3) is 0 Å². The van der Waals surface area contributed by atoms with E-state index in [4.69, 9.17) is 4.74 Å². The zero-order valence-corrected chi connectivity index (χ0v) is 14.1. The van der Waals surface area contributed by atoms with Gasteiger partial charge in [0.2, 0.25) is 0 Å². The number of rotatable bonds is 6. The average molecular weight is 347 g/mol. The van der Waals surface area contributed by atoms with Crippen LogP contribution in [0.3, 0.4) is 0 Å². The molecule has 0 fully saturated rings. The molecule has 1 N–H and O–H groups in total. The first kappa shape index (κ1) is 16.7. The van der Waals surface area contributed by atoms with Crippen LogP contribution in [0.5, 0.6) is 0 Å². The Bertz CT molecular complexity index is 742. The largest absolute Gasteiger partial charge is 0.465 e. The molecule has 126 valence electrons. The number of carbonyl (C=O) groups excluding carboxylic acids is 1. The van der Waals surface area contributed by atoms with Crippen molar-refractivity contribution in [3.8, 4) is 0 Å². The number of nitrogens with one attached hydrogen (secondary N) is 1. The van der Waals surface area contributed by atoms with Crippen molar-refractivity contribution in [3.63, 3.8) is 0 Å². The Morgan fingerprint density at radius 2 is 2.33 bits per heavy atom. The normalized spacial score (nSPS) is 15.8. The number of nitrogens with zero attached hydrogens (tertiary/aromatic N) is 2. The van der Waals surface area contributed by atoms with Crippen molar-refractivity contribution in [2.24, 2.45) is 0 Å². The first-order valence-corrected chi connectivity index (χ1v) is 8.79. The summed E-state index contributed by atoms with van der Waals surface area (Å²) in [5, 5.41) is 3.95. The molecule has 5 nitrogen and oxygen atoms in total. The number of thioether (sulfide) groups is 1. The molecular formula is C17H18FN3O2S. The van der Waals surface area contributed by atoms with Gasteiger partial charge in [0.05, 0.1) is 30.8 Å². The zero-order valence-electron chi connectivity index (χ0n) is 13.3. The highest BCUT2D eigenvalue weighted by Crippen LogP contribution is 2.34. The predicted molar refractivity (Wildman–Crippen MR) is 90.5 cm³/mol. The number of hydrogen-bond donors (Lipinski definition) is 1. The fourth-order valence-corrected chi connectivity index (χ4v) is 3.37. The van der Waals surface area contributed by atoms with Gasteiger partial charge < -0.3 is 10.1 Å². The van der Waals surface area contributed by atoms with Crippen molar-refractivity contribution < 1.29 is 13.9 Å². The SMILES string of the molecule is CCOC(=O)CSc1cncc(NC2CCc3ccc(F)cc32)n1. The molecule has 1 aliphatic carbocycles. The van der Waals surface area contributed by atoms with E-state index in [2.05, 4.69) is 15.3 Å². The smallest absolute Gasteiger partial charge is 0.316 e. The Balaban J connectivity index is 1.66. The van der Waals surface area contributed by atoms with Crippen LogP contribution in [-0.4, -0.2) is 28.3 Å². The average Bonchev–Trinajstić information content (AvgIpc) is 2.96. The van der Waals surface area contributed by atoms with E-state index in [0.717, 1.165) is 24.0 Å². The Morgan fingerprint density at radius 1 is 1.46 bits per heavy atom. The Kier molecular flexibility index (Phi) is 5.30. The highest BCUT2D eigenvalue weighted by Gasteiger charge is 2.23. The van der Waals surface area contributed by atoms with Crippen LogP contribution < -0.4 is 5.32 Å². The third-order valence-electron chi connectivity index (χ3n) is 3.76. The summed E-state index contributed by atoms with van der Waals surface area (Å²) in [6.45, 7) is 2.14. The van der Waals surface area contributed by atoms with Gasteiger partial charge in [0.15, 0.2) is 0 Å². The first-order valence-electron chi connectivity index (χ1n) is 7.81. The molecule has 1 aromatic heterocycles. The monoisotopic (exact) mass is 347 g/mol. The maximum absolute atomic E-state index is 13.5. The van der Waals surface area contributed by atoms with Gasteiger partial charge in [-0.2, -0.15) is 0 Å². The molecule has 0 saturated carbocycles. The lowest BCUT2D eigenvalue weighted by Crippen LogP contribution is -2.10. The molecule has 0 aliphatic heterocycles. The van der Waals surface area contributed by atoms with Crippen LogP contribution in [0, 0.1) is 5.82 Å². The van der Waals surface area contributed by atoms with E-state index in [1.807, 2.05) is 6.07 Å². The summed E-state index contributed by atoms with van der Waals surface area (Å²) in [6.07, 6.45) is 5.04. The van der Waals surface area contributed by atoms with Gasteiger partial charge in [-0.15, -0.1) is 0 Å². The van der Waals surface area contributed by atoms with E-state index < -0.39 is 0 Å². The van der Waals surface area contributed by atoms with Crippen LogP contribution in [0.15, 0.2) is 35.6 Å². The number of benzene rings is 1. The van der Waals surface area contributed by atoms with Gasteiger partial charge >= 0.3 is 5.97 Å². The Morgan fingerprint density at radius 3 is 3.17 bits per heavy atom. The number of carbonyl (C=O) groups is 1. The number of halogens is 1. The molecule has 1 aromatic carbocycles. The van der Waals surface area contributed by atoms with Crippen LogP contribution >= 0.6 is 11.8 Å². The maximum Gasteiger partial charge on any atom is 0.316 e. The fourth-order valence-electron chi connectivity index (χ4n) is 2.72. The minimum Gasteiger partial charge on any atom is -0.465 e. The summed E-state index contributed by atoms with van der Waals surface area (Å²) in [5.74, 6) is 0.310. The van der Waals surface area contributed by atoms with E-state index >= 15 is 0 Å². The van der Waals surface area contributed by atoms with Crippen LogP contribution in [0.2, 0.25) is 0 Å². The van der Waals surface area contributed by atoms with E-state index in [1.54, 1.807) is 25.4 Å². The third kappa shape index (κ3) is 4.03. The van der Waals surface area contributed by atoms with Gasteiger partial charge in [-0.3, -0.25) is 9.78 Å². The second-order valence-electron chi connectivity index (χ2n) is 5.41. The molecule has 2 aromatic rings. The van der Waals surface area contributed by atoms with E-state index in [0.29, 0.717) is 17.5 Å². The molecule has 1 heterocycles. The van der Waals surface area contributed by atoms with Gasteiger partial charge in [-0.05, 0) is 43.0 Å². The summed E-state index contributed by atoms with van der Waals surface area (Å²) in [6, 6.07) is 4.93. The molecular weight excluding hydrogens is 329 g/mol. The molecule has 24 heavy (non-hydrogen) atoms. The van der Waals surface area contributed by atoms with Crippen molar-refractivity contribution in [3.05, 3.63) is 47.5 Å². The second kappa shape index (κ2) is 7.61. The van der Waals surface area contributed by atoms with E-state index in [1.165, 1.54) is 17.8 Å². The maximum atomic E-state index is 13.5. The molecule has 0 radical (unpaired) electrons. The number of aromatic nitrogens is 2. The quantitative estimate of drug-likeness (QED) is 0.638. The standard InChI is InChI=1S/C17H18FN3O2S/c1-2-23-17(22)10-24-16-9-19-8-15(21-16)20-14-6-4-11-3-5-12(18)7-13(11)14/h3,5,7-9,14H,2,4,6,10H2,1H3,(H,20,21). The number of esters is 1. The van der Waals surface area contributed by atoms with Crippen LogP contribution in [0.4, 0.5) is 10.2 Å². The number of anilines is 1. The van der Waals surface area contributed by atoms with Gasteiger partial charge in [-0.1, -0.05) is 17.8 Å². The molecule has 0 amide bonds. The minimum atomic E-state index is -0.275. The lowest BCUT2D eigenvalue weighted by molar-refractivity contribution is -0.139. The van der Waals surface area contributed by atoms with Gasteiger partial charge in [0.25, 0.3) is 0 Å². The lowest BCUT2D eigenvalue weighted by Gasteiger charge is -2.15. The molecule has 0 saturated heterocycles. The molecule has 1 aliphatic rings. The molecule has 1 unspecified atom stereocenters. The Labute approximate surface area is 144 Å². The molecule has 3 rings (SSSR count). The Hall–Kier alpha value is -2.15.